The van der Waals surface area contributed by atoms with Crippen molar-refractivity contribution < 1.29 is 9.47 Å². The third kappa shape index (κ3) is 4.69. The van der Waals surface area contributed by atoms with Gasteiger partial charge in [0.15, 0.2) is 5.16 Å². The lowest BCUT2D eigenvalue weighted by atomic mass is 10.0. The van der Waals surface area contributed by atoms with E-state index >= 15 is 0 Å². The van der Waals surface area contributed by atoms with E-state index in [1.54, 1.807) is 26.0 Å². The molecule has 2 heterocycles. The van der Waals surface area contributed by atoms with Crippen LogP contribution in [0.15, 0.2) is 52.4 Å². The van der Waals surface area contributed by atoms with Gasteiger partial charge >= 0.3 is 0 Å². The van der Waals surface area contributed by atoms with E-state index in [9.17, 15) is 0 Å². The van der Waals surface area contributed by atoms with Crippen LogP contribution < -0.4 is 4.74 Å². The van der Waals surface area contributed by atoms with Crippen molar-refractivity contribution in [3.05, 3.63) is 58.3 Å². The fourth-order valence-electron chi connectivity index (χ4n) is 4.00. The van der Waals surface area contributed by atoms with Crippen LogP contribution in [0.1, 0.15) is 30.9 Å². The van der Waals surface area contributed by atoms with Gasteiger partial charge in [0.1, 0.15) is 22.6 Å². The van der Waals surface area contributed by atoms with E-state index in [0.717, 1.165) is 43.4 Å². The van der Waals surface area contributed by atoms with Gasteiger partial charge < -0.3 is 18.6 Å². The third-order valence-corrected chi connectivity index (χ3v) is 7.36. The molecule has 174 valence electrons. The minimum absolute atomic E-state index is 0.484. The normalized spacial score (nSPS) is 11.6. The van der Waals surface area contributed by atoms with Gasteiger partial charge in [0, 0.05) is 31.6 Å². The van der Waals surface area contributed by atoms with Crippen LogP contribution in [0, 0.1) is 0 Å². The number of nitrogens with zero attached hydrogens (tertiary/aromatic N) is 4. The smallest absolute Gasteiger partial charge is 0.167 e. The molecule has 2 aromatic heterocycles. The Bertz CT molecular complexity index is 1250. The maximum absolute atomic E-state index is 5.87. The quantitative estimate of drug-likeness (QED) is 0.241. The van der Waals surface area contributed by atoms with Crippen molar-refractivity contribution >= 4 is 38.7 Å². The van der Waals surface area contributed by atoms with Crippen LogP contribution in [0.2, 0.25) is 0 Å². The monoisotopic (exact) mass is 528 g/mol. The number of aromatic nitrogens is 4. The van der Waals surface area contributed by atoms with Gasteiger partial charge in [0.05, 0.1) is 24.7 Å². The van der Waals surface area contributed by atoms with Crippen molar-refractivity contribution in [2.45, 2.75) is 38.0 Å². The second-order valence-corrected chi connectivity index (χ2v) is 9.71. The average Bonchev–Trinajstić information content (AvgIpc) is 3.44. The lowest BCUT2D eigenvalue weighted by Crippen LogP contribution is -2.07. The Kier molecular flexibility index (Phi) is 7.46. The largest absolute Gasteiger partial charge is 0.494 e. The van der Waals surface area contributed by atoms with E-state index in [0.29, 0.717) is 25.6 Å². The number of imidazole rings is 2. The van der Waals surface area contributed by atoms with Crippen LogP contribution in [0.25, 0.3) is 22.4 Å². The second-order valence-electron chi connectivity index (χ2n) is 8.15. The Morgan fingerprint density at radius 2 is 1.91 bits per heavy atom. The van der Waals surface area contributed by atoms with Gasteiger partial charge in [-0.2, -0.15) is 0 Å². The van der Waals surface area contributed by atoms with E-state index in [1.807, 2.05) is 18.6 Å². The Morgan fingerprint density at radius 1 is 1.15 bits per heavy atom. The van der Waals surface area contributed by atoms with Gasteiger partial charge in [-0.05, 0) is 45.3 Å². The highest BCUT2D eigenvalue weighted by Crippen LogP contribution is 2.38. The summed E-state index contributed by atoms with van der Waals surface area (Å²) in [5, 5.41) is 0.970. The highest BCUT2D eigenvalue weighted by molar-refractivity contribution is 9.10. The first kappa shape index (κ1) is 23.9. The Morgan fingerprint density at radius 3 is 2.55 bits per heavy atom. The number of methoxy groups -OCH3 is 2. The maximum Gasteiger partial charge on any atom is 0.167 e. The molecule has 2 aromatic carbocycles. The number of halogens is 1. The summed E-state index contributed by atoms with van der Waals surface area (Å²) in [6, 6.07) is 10.8. The lowest BCUT2D eigenvalue weighted by molar-refractivity contribution is 0.188. The van der Waals surface area contributed by atoms with Crippen LogP contribution in [0.4, 0.5) is 0 Å². The number of rotatable bonds is 9. The summed E-state index contributed by atoms with van der Waals surface area (Å²) < 4.78 is 16.6. The molecule has 0 N–H and O–H groups in total. The van der Waals surface area contributed by atoms with E-state index in [2.05, 4.69) is 74.2 Å². The molecule has 0 aliphatic rings. The second kappa shape index (κ2) is 10.3. The molecule has 0 spiro atoms. The van der Waals surface area contributed by atoms with Crippen molar-refractivity contribution in [2.75, 3.05) is 27.1 Å². The molecule has 0 unspecified atom stereocenters. The molecule has 8 heteroatoms. The maximum atomic E-state index is 5.87. The molecular formula is C25H29BrN4O2S. The molecule has 0 saturated heterocycles. The number of fused-ring (bicyclic) bond motifs is 1. The van der Waals surface area contributed by atoms with Gasteiger partial charge in [-0.25, -0.2) is 9.97 Å². The fraction of sp³-hybridized carbons (Fsp3) is 0.360. The molecule has 0 fully saturated rings. The summed E-state index contributed by atoms with van der Waals surface area (Å²) in [7, 11) is 3.43. The zero-order valence-electron chi connectivity index (χ0n) is 19.6. The molecule has 33 heavy (non-hydrogen) atoms. The minimum atomic E-state index is 0.484. The van der Waals surface area contributed by atoms with Gasteiger partial charge in [0.25, 0.3) is 0 Å². The molecule has 0 aliphatic carbocycles. The van der Waals surface area contributed by atoms with Crippen LogP contribution in [0.5, 0.6) is 5.75 Å². The highest BCUT2D eigenvalue weighted by atomic mass is 79.9. The van der Waals surface area contributed by atoms with E-state index in [4.69, 9.17) is 14.5 Å². The summed E-state index contributed by atoms with van der Waals surface area (Å²) in [5.74, 6) is 2.18. The van der Waals surface area contributed by atoms with Crippen molar-refractivity contribution in [3.8, 4) is 17.1 Å². The zero-order chi connectivity index (χ0) is 23.5. The highest BCUT2D eigenvalue weighted by Gasteiger charge is 2.21. The number of ether oxygens (including phenoxy) is 2. The summed E-state index contributed by atoms with van der Waals surface area (Å²) in [5.41, 5.74) is 5.31. The molecule has 0 amide bonds. The number of thioether (sulfide) groups is 1. The molecule has 0 bridgehead atoms. The molecule has 4 aromatic rings. The SMILES string of the molecule is COCCn1c(-c2ccc(C(C)C)cc2)nc2c(Br)c(Cn3ccnc3SC)cc(OC)c21. The van der Waals surface area contributed by atoms with Gasteiger partial charge in [-0.15, -0.1) is 0 Å². The molecule has 0 aliphatic heterocycles. The van der Waals surface area contributed by atoms with Crippen LogP contribution >= 0.6 is 27.7 Å². The summed E-state index contributed by atoms with van der Waals surface area (Å²) in [6.07, 6.45) is 5.85. The molecule has 0 atom stereocenters. The summed E-state index contributed by atoms with van der Waals surface area (Å²) >= 11 is 5.48. The van der Waals surface area contributed by atoms with Gasteiger partial charge in [0.2, 0.25) is 0 Å². The summed E-state index contributed by atoms with van der Waals surface area (Å²) in [6.45, 7) is 6.34. The first-order valence-corrected chi connectivity index (χ1v) is 12.9. The summed E-state index contributed by atoms with van der Waals surface area (Å²) in [4.78, 5) is 9.52. The van der Waals surface area contributed by atoms with Gasteiger partial charge in [-0.3, -0.25) is 0 Å². The van der Waals surface area contributed by atoms with Crippen molar-refractivity contribution in [3.63, 3.8) is 0 Å². The number of hydrogen-bond acceptors (Lipinski definition) is 5. The Labute approximate surface area is 207 Å². The molecule has 6 nitrogen and oxygen atoms in total. The first-order valence-electron chi connectivity index (χ1n) is 10.9. The van der Waals surface area contributed by atoms with Crippen molar-refractivity contribution in [1.82, 2.24) is 19.1 Å². The predicted molar refractivity (Wildman–Crippen MR) is 138 cm³/mol. The molecular weight excluding hydrogens is 500 g/mol. The van der Waals surface area contributed by atoms with Crippen molar-refractivity contribution in [1.29, 1.82) is 0 Å². The first-order chi connectivity index (χ1) is 16.0. The molecule has 0 radical (unpaired) electrons. The lowest BCUT2D eigenvalue weighted by Gasteiger charge is -2.14. The Balaban J connectivity index is 1.88. The number of benzene rings is 2. The number of hydrogen-bond donors (Lipinski definition) is 0. The van der Waals surface area contributed by atoms with Crippen LogP contribution in [-0.2, 0) is 17.8 Å². The topological polar surface area (TPSA) is 54.1 Å². The van der Waals surface area contributed by atoms with E-state index in [1.165, 1.54) is 5.56 Å². The van der Waals surface area contributed by atoms with E-state index < -0.39 is 0 Å². The van der Waals surface area contributed by atoms with Crippen molar-refractivity contribution in [2.24, 2.45) is 0 Å². The standard InChI is InChI=1S/C25H29BrN4O2S/c1-16(2)17-6-8-18(9-7-17)24-28-22-21(26)19(15-29-11-10-27-25(29)33-5)14-20(32-4)23(22)30(24)12-13-31-3/h6-11,14,16H,12-13,15H2,1-5H3. The van der Waals surface area contributed by atoms with Gasteiger partial charge in [-0.1, -0.05) is 49.9 Å². The van der Waals surface area contributed by atoms with E-state index in [-0.39, 0.29) is 0 Å². The predicted octanol–water partition coefficient (Wildman–Crippen LogP) is 6.21. The third-order valence-electron chi connectivity index (χ3n) is 5.77. The van der Waals surface area contributed by atoms with Crippen LogP contribution in [0.3, 0.4) is 0 Å². The fourth-order valence-corrected chi connectivity index (χ4v) is 5.04. The minimum Gasteiger partial charge on any atom is -0.494 e. The Hall–Kier alpha value is -2.29. The average molecular weight is 530 g/mol. The van der Waals surface area contributed by atoms with Crippen LogP contribution in [-0.4, -0.2) is 46.2 Å². The molecule has 4 rings (SSSR count). The molecule has 0 saturated carbocycles. The zero-order valence-corrected chi connectivity index (χ0v) is 22.0.